The molecule has 0 aliphatic rings. The van der Waals surface area contributed by atoms with E-state index in [0.717, 1.165) is 5.39 Å². The molecule has 130 valence electrons. The van der Waals surface area contributed by atoms with Gasteiger partial charge in [0.1, 0.15) is 10.5 Å². The van der Waals surface area contributed by atoms with Crippen LogP contribution in [0.25, 0.3) is 11.0 Å². The average Bonchev–Trinajstić information content (AvgIpc) is 2.97. The molecule has 9 heteroatoms. The second-order valence-corrected chi connectivity index (χ2v) is 7.62. The van der Waals surface area contributed by atoms with Gasteiger partial charge in [0.25, 0.3) is 0 Å². The molecule has 0 amide bonds. The predicted octanol–water partition coefficient (Wildman–Crippen LogP) is 1.99. The Morgan fingerprint density at radius 2 is 1.80 bits per heavy atom. The summed E-state index contributed by atoms with van der Waals surface area (Å²) in [6.45, 7) is 0. The summed E-state index contributed by atoms with van der Waals surface area (Å²) in [5.41, 5.74) is 1.30. The van der Waals surface area contributed by atoms with Gasteiger partial charge in [0, 0.05) is 5.39 Å². The van der Waals surface area contributed by atoms with Crippen LogP contribution in [-0.2, 0) is 16.4 Å². The lowest BCUT2D eigenvalue weighted by Gasteiger charge is -2.18. The van der Waals surface area contributed by atoms with Crippen molar-refractivity contribution in [3.05, 3.63) is 65.4 Å². The average molecular weight is 380 g/mol. The smallest absolute Gasteiger partial charge is 0.464 e. The Bertz CT molecular complexity index is 989. The fourth-order valence-electron chi connectivity index (χ4n) is 2.56. The van der Waals surface area contributed by atoms with Gasteiger partial charge >= 0.3 is 7.12 Å². The lowest BCUT2D eigenvalue weighted by Crippen LogP contribution is -2.47. The summed E-state index contributed by atoms with van der Waals surface area (Å²) in [4.78, 5) is -0.126. The van der Waals surface area contributed by atoms with Crippen LogP contribution in [-0.4, -0.2) is 31.5 Å². The predicted molar refractivity (Wildman–Crippen MR) is 95.7 cm³/mol. The molecule has 0 radical (unpaired) electrons. The van der Waals surface area contributed by atoms with Gasteiger partial charge in [-0.05, 0) is 30.2 Å². The Balaban J connectivity index is 1.88. The van der Waals surface area contributed by atoms with Gasteiger partial charge in [-0.25, -0.2) is 13.1 Å². The second kappa shape index (κ2) is 7.19. The highest BCUT2D eigenvalue weighted by Crippen LogP contribution is 2.24. The Morgan fingerprint density at radius 1 is 1.12 bits per heavy atom. The van der Waals surface area contributed by atoms with Gasteiger partial charge in [0.15, 0.2) is 0 Å². The highest BCUT2D eigenvalue weighted by molar-refractivity contribution is 7.89. The van der Waals surface area contributed by atoms with E-state index >= 15 is 0 Å². The number of hydrogen-bond donors (Lipinski definition) is 3. The van der Waals surface area contributed by atoms with E-state index in [1.54, 1.807) is 12.1 Å². The van der Waals surface area contributed by atoms with Crippen molar-refractivity contribution in [3.8, 4) is 0 Å². The lowest BCUT2D eigenvalue weighted by molar-refractivity contribution is 0.379. The molecule has 25 heavy (non-hydrogen) atoms. The van der Waals surface area contributed by atoms with Crippen LogP contribution in [0.15, 0.2) is 64.1 Å². The fourth-order valence-corrected chi connectivity index (χ4v) is 4.31. The molecule has 0 saturated heterocycles. The van der Waals surface area contributed by atoms with Crippen molar-refractivity contribution >= 4 is 39.7 Å². The summed E-state index contributed by atoms with van der Waals surface area (Å²) in [6.07, 6.45) is 1.52. The number of benzene rings is 2. The highest BCUT2D eigenvalue weighted by Gasteiger charge is 2.31. The van der Waals surface area contributed by atoms with Crippen LogP contribution in [0, 0.1) is 0 Å². The van der Waals surface area contributed by atoms with Crippen LogP contribution in [0.4, 0.5) is 0 Å². The zero-order valence-corrected chi connectivity index (χ0v) is 14.5. The standard InChI is InChI=1S/C16H15BClNO5S/c18-13-6-2-4-8-15(13)25(22,23)19-16(17(20)21)9-11-10-24-14-7-3-1-5-12(11)14/h1-8,10,16,19-21H,9H2. The molecule has 0 bridgehead atoms. The van der Waals surface area contributed by atoms with E-state index in [4.69, 9.17) is 16.0 Å². The number of para-hydroxylation sites is 1. The largest absolute Gasteiger partial charge is 0.471 e. The van der Waals surface area contributed by atoms with Gasteiger partial charge in [0.05, 0.1) is 17.2 Å². The van der Waals surface area contributed by atoms with E-state index in [0.29, 0.717) is 11.1 Å². The van der Waals surface area contributed by atoms with Crippen LogP contribution in [0.1, 0.15) is 5.56 Å². The van der Waals surface area contributed by atoms with Gasteiger partial charge in [0.2, 0.25) is 10.0 Å². The molecule has 1 unspecified atom stereocenters. The van der Waals surface area contributed by atoms with E-state index < -0.39 is 23.1 Å². The van der Waals surface area contributed by atoms with Gasteiger partial charge in [-0.2, -0.15) is 0 Å². The van der Waals surface area contributed by atoms with E-state index in [1.165, 1.54) is 24.5 Å². The molecule has 0 aliphatic heterocycles. The molecule has 3 aromatic rings. The Hall–Kier alpha value is -1.84. The monoisotopic (exact) mass is 379 g/mol. The van der Waals surface area contributed by atoms with E-state index in [-0.39, 0.29) is 16.3 Å². The Morgan fingerprint density at radius 3 is 2.52 bits per heavy atom. The molecular formula is C16H15BClNO5S. The number of halogens is 1. The minimum absolute atomic E-state index is 0.0400. The fraction of sp³-hybridized carbons (Fsp3) is 0.125. The van der Waals surface area contributed by atoms with Crippen LogP contribution in [0.5, 0.6) is 0 Å². The third-order valence-electron chi connectivity index (χ3n) is 3.79. The molecule has 0 saturated carbocycles. The molecular weight excluding hydrogens is 365 g/mol. The molecule has 1 heterocycles. The molecule has 0 spiro atoms. The summed E-state index contributed by atoms with van der Waals surface area (Å²) in [6, 6.07) is 13.2. The normalized spacial score (nSPS) is 13.1. The first-order chi connectivity index (χ1) is 11.9. The summed E-state index contributed by atoms with van der Waals surface area (Å²) < 4.78 is 32.7. The van der Waals surface area contributed by atoms with Crippen molar-refractivity contribution in [2.45, 2.75) is 17.3 Å². The lowest BCUT2D eigenvalue weighted by atomic mass is 9.77. The SMILES string of the molecule is O=S(=O)(NC(Cc1coc2ccccc12)B(O)O)c1ccccc1Cl. The van der Waals surface area contributed by atoms with Crippen LogP contribution >= 0.6 is 11.6 Å². The van der Waals surface area contributed by atoms with Gasteiger partial charge in [-0.3, -0.25) is 0 Å². The van der Waals surface area contributed by atoms with Gasteiger partial charge < -0.3 is 14.5 Å². The Kier molecular flexibility index (Phi) is 5.17. The van der Waals surface area contributed by atoms with Crippen LogP contribution < -0.4 is 4.72 Å². The summed E-state index contributed by atoms with van der Waals surface area (Å²) >= 11 is 5.93. The maximum atomic E-state index is 12.5. The zero-order chi connectivity index (χ0) is 18.0. The number of furan rings is 1. The molecule has 0 fully saturated rings. The van der Waals surface area contributed by atoms with Crippen molar-refractivity contribution in [2.24, 2.45) is 0 Å². The first kappa shape index (κ1) is 18.0. The zero-order valence-electron chi connectivity index (χ0n) is 13.0. The Labute approximate surface area is 150 Å². The van der Waals surface area contributed by atoms with Crippen molar-refractivity contribution in [3.63, 3.8) is 0 Å². The quantitative estimate of drug-likeness (QED) is 0.569. The number of rotatable bonds is 6. The molecule has 6 nitrogen and oxygen atoms in total. The van der Waals surface area contributed by atoms with Crippen molar-refractivity contribution in [1.82, 2.24) is 4.72 Å². The van der Waals surface area contributed by atoms with Gasteiger partial charge in [-0.15, -0.1) is 0 Å². The molecule has 2 aromatic carbocycles. The topological polar surface area (TPSA) is 99.8 Å². The molecule has 1 atom stereocenters. The highest BCUT2D eigenvalue weighted by atomic mass is 35.5. The molecule has 1 aromatic heterocycles. The third-order valence-corrected chi connectivity index (χ3v) is 5.78. The molecule has 0 aliphatic carbocycles. The molecule has 3 rings (SSSR count). The number of sulfonamides is 1. The minimum Gasteiger partial charge on any atom is -0.464 e. The van der Waals surface area contributed by atoms with E-state index in [9.17, 15) is 18.5 Å². The number of hydrogen-bond acceptors (Lipinski definition) is 5. The summed E-state index contributed by atoms with van der Waals surface area (Å²) in [5, 5.41) is 20.1. The van der Waals surface area contributed by atoms with E-state index in [2.05, 4.69) is 4.72 Å². The number of fused-ring (bicyclic) bond motifs is 1. The van der Waals surface area contributed by atoms with Crippen molar-refractivity contribution in [2.75, 3.05) is 0 Å². The van der Waals surface area contributed by atoms with Crippen molar-refractivity contribution < 1.29 is 22.9 Å². The summed E-state index contributed by atoms with van der Waals surface area (Å²) in [7, 11) is -5.92. The summed E-state index contributed by atoms with van der Waals surface area (Å²) in [5.74, 6) is -1.16. The second-order valence-electron chi connectivity index (χ2n) is 5.53. The van der Waals surface area contributed by atoms with Crippen LogP contribution in [0.3, 0.4) is 0 Å². The van der Waals surface area contributed by atoms with Gasteiger partial charge in [-0.1, -0.05) is 41.9 Å². The first-order valence-corrected chi connectivity index (χ1v) is 9.33. The van der Waals surface area contributed by atoms with Crippen LogP contribution in [0.2, 0.25) is 5.02 Å². The maximum absolute atomic E-state index is 12.5. The third kappa shape index (κ3) is 3.89. The first-order valence-electron chi connectivity index (χ1n) is 7.46. The van der Waals surface area contributed by atoms with Crippen molar-refractivity contribution in [1.29, 1.82) is 0 Å². The molecule has 3 N–H and O–H groups in total. The maximum Gasteiger partial charge on any atom is 0.471 e. The van der Waals surface area contributed by atoms with E-state index in [1.807, 2.05) is 18.2 Å². The number of nitrogens with one attached hydrogen (secondary N) is 1. The minimum atomic E-state index is -4.02.